The van der Waals surface area contributed by atoms with E-state index in [4.69, 9.17) is 5.11 Å². The lowest BCUT2D eigenvalue weighted by Crippen LogP contribution is -2.25. The molecule has 2 rings (SSSR count). The number of anilines is 1. The third-order valence-corrected chi connectivity index (χ3v) is 2.11. The third-order valence-electron chi connectivity index (χ3n) is 2.11. The first-order valence-electron chi connectivity index (χ1n) is 4.41. The van der Waals surface area contributed by atoms with Crippen molar-refractivity contribution in [2.45, 2.75) is 0 Å². The molecule has 2 N–H and O–H groups in total. The first kappa shape index (κ1) is 9.45. The van der Waals surface area contributed by atoms with Crippen molar-refractivity contribution in [1.29, 1.82) is 0 Å². The van der Waals surface area contributed by atoms with E-state index in [-0.39, 0.29) is 16.9 Å². The van der Waals surface area contributed by atoms with E-state index >= 15 is 0 Å². The smallest absolute Gasteiger partial charge is 0.339 e. The monoisotopic (exact) mass is 207 g/mol. The minimum absolute atomic E-state index is 0.0722. The maximum Gasteiger partial charge on any atom is 0.339 e. The Hall–Kier alpha value is -2.11. The van der Waals surface area contributed by atoms with Crippen molar-refractivity contribution in [3.05, 3.63) is 28.0 Å². The Kier molecular flexibility index (Phi) is 2.24. The molecule has 0 radical (unpaired) electrons. The fourth-order valence-corrected chi connectivity index (χ4v) is 1.41. The van der Waals surface area contributed by atoms with Crippen LogP contribution in [0, 0.1) is 0 Å². The van der Waals surface area contributed by atoms with Gasteiger partial charge in [0.2, 0.25) is 5.56 Å². The van der Waals surface area contributed by atoms with Crippen LogP contribution in [0.2, 0.25) is 0 Å². The van der Waals surface area contributed by atoms with Crippen LogP contribution in [0.4, 0.5) is 5.82 Å². The van der Waals surface area contributed by atoms with Crippen LogP contribution in [0.5, 0.6) is 0 Å². The highest BCUT2D eigenvalue weighted by atomic mass is 16.4. The molecule has 0 bridgehead atoms. The summed E-state index contributed by atoms with van der Waals surface area (Å²) in [5, 5.41) is 8.92. The van der Waals surface area contributed by atoms with Crippen molar-refractivity contribution in [3.8, 4) is 0 Å². The summed E-state index contributed by atoms with van der Waals surface area (Å²) in [5.74, 6) is -0.780. The molecule has 6 heteroatoms. The van der Waals surface area contributed by atoms with Crippen molar-refractivity contribution in [2.75, 3.05) is 18.0 Å². The predicted octanol–water partition coefficient (Wildman–Crippen LogP) is -0.0786. The molecule has 0 saturated carbocycles. The molecular formula is C9H9N3O3. The zero-order chi connectivity index (χ0) is 10.8. The second kappa shape index (κ2) is 3.56. The first-order chi connectivity index (χ1) is 7.18. The average Bonchev–Trinajstić information content (AvgIpc) is 2.69. The summed E-state index contributed by atoms with van der Waals surface area (Å²) in [7, 11) is 0. The zero-order valence-corrected chi connectivity index (χ0v) is 7.80. The number of carbonyl (C=O) groups is 1. The van der Waals surface area contributed by atoms with Gasteiger partial charge < -0.3 is 15.0 Å². The Balaban J connectivity index is 2.51. The van der Waals surface area contributed by atoms with Crippen molar-refractivity contribution in [3.63, 3.8) is 0 Å². The average molecular weight is 207 g/mol. The van der Waals surface area contributed by atoms with Crippen LogP contribution in [0.3, 0.4) is 0 Å². The number of aromatic amines is 1. The number of nitrogens with zero attached hydrogens (tertiary/aromatic N) is 2. The molecule has 1 aromatic heterocycles. The van der Waals surface area contributed by atoms with Crippen molar-refractivity contribution < 1.29 is 9.90 Å². The molecule has 0 aliphatic carbocycles. The molecule has 6 nitrogen and oxygen atoms in total. The van der Waals surface area contributed by atoms with Crippen molar-refractivity contribution in [1.82, 2.24) is 4.98 Å². The van der Waals surface area contributed by atoms with Crippen LogP contribution in [-0.4, -0.2) is 35.5 Å². The lowest BCUT2D eigenvalue weighted by atomic mass is 10.2. The Labute approximate surface area is 84.9 Å². The van der Waals surface area contributed by atoms with E-state index in [2.05, 4.69) is 9.98 Å². The number of carboxylic acids is 1. The Bertz CT molecular complexity index is 478. The molecule has 0 amide bonds. The van der Waals surface area contributed by atoms with E-state index in [1.165, 1.54) is 18.5 Å². The fraction of sp³-hybridized carbons (Fsp3) is 0.222. The van der Waals surface area contributed by atoms with Gasteiger partial charge in [0, 0.05) is 12.6 Å². The van der Waals surface area contributed by atoms with E-state index in [1.54, 1.807) is 4.90 Å². The Morgan fingerprint density at radius 2 is 2.33 bits per heavy atom. The minimum atomic E-state index is -1.07. The summed E-state index contributed by atoms with van der Waals surface area (Å²) >= 11 is 0. The largest absolute Gasteiger partial charge is 0.478 e. The van der Waals surface area contributed by atoms with Crippen LogP contribution >= 0.6 is 0 Å². The maximum atomic E-state index is 11.1. The second-order valence-corrected chi connectivity index (χ2v) is 3.11. The molecule has 78 valence electrons. The van der Waals surface area contributed by atoms with Crippen molar-refractivity contribution in [2.24, 2.45) is 4.99 Å². The quantitative estimate of drug-likeness (QED) is 0.710. The lowest BCUT2D eigenvalue weighted by Gasteiger charge is -2.15. The van der Waals surface area contributed by atoms with Gasteiger partial charge in [-0.15, -0.1) is 0 Å². The van der Waals surface area contributed by atoms with Crippen LogP contribution in [-0.2, 0) is 0 Å². The molecule has 0 saturated heterocycles. The number of hydrogen-bond acceptors (Lipinski definition) is 4. The molecule has 1 aliphatic rings. The Morgan fingerprint density at radius 3 is 2.93 bits per heavy atom. The molecule has 2 heterocycles. The molecule has 0 fully saturated rings. The highest BCUT2D eigenvalue weighted by Gasteiger charge is 2.17. The second-order valence-electron chi connectivity index (χ2n) is 3.11. The number of aromatic nitrogens is 1. The van der Waals surface area contributed by atoms with Gasteiger partial charge in [-0.2, -0.15) is 0 Å². The number of H-pyrrole nitrogens is 1. The van der Waals surface area contributed by atoms with Gasteiger partial charge >= 0.3 is 5.97 Å². The van der Waals surface area contributed by atoms with Gasteiger partial charge in [-0.1, -0.05) is 0 Å². The molecule has 0 atom stereocenters. The fourth-order valence-electron chi connectivity index (χ4n) is 1.41. The molecular weight excluding hydrogens is 198 g/mol. The molecule has 0 unspecified atom stereocenters. The van der Waals surface area contributed by atoms with E-state index in [1.807, 2.05) is 0 Å². The van der Waals surface area contributed by atoms with Gasteiger partial charge in [0.05, 0.1) is 12.9 Å². The van der Waals surface area contributed by atoms with Crippen LogP contribution < -0.4 is 10.5 Å². The van der Waals surface area contributed by atoms with Gasteiger partial charge in [0.15, 0.2) is 0 Å². The van der Waals surface area contributed by atoms with Crippen LogP contribution in [0.1, 0.15) is 10.4 Å². The molecule has 0 aromatic carbocycles. The minimum Gasteiger partial charge on any atom is -0.478 e. The Morgan fingerprint density at radius 1 is 1.53 bits per heavy atom. The normalized spacial score (nSPS) is 14.5. The van der Waals surface area contributed by atoms with Crippen LogP contribution in [0.15, 0.2) is 21.9 Å². The summed E-state index contributed by atoms with van der Waals surface area (Å²) in [5.41, 5.74) is -0.252. The maximum absolute atomic E-state index is 11.1. The summed E-state index contributed by atoms with van der Waals surface area (Å²) in [6.45, 7) is 1.19. The van der Waals surface area contributed by atoms with Gasteiger partial charge in [0.25, 0.3) is 0 Å². The third kappa shape index (κ3) is 1.74. The van der Waals surface area contributed by atoms with E-state index < -0.39 is 5.97 Å². The van der Waals surface area contributed by atoms with E-state index in [0.29, 0.717) is 13.1 Å². The van der Waals surface area contributed by atoms with Gasteiger partial charge in [0.1, 0.15) is 11.4 Å². The topological polar surface area (TPSA) is 85.8 Å². The van der Waals surface area contributed by atoms with Gasteiger partial charge in [-0.25, -0.2) is 4.79 Å². The number of aromatic carboxylic acids is 1. The number of hydrogen-bond donors (Lipinski definition) is 2. The van der Waals surface area contributed by atoms with Crippen LogP contribution in [0.25, 0.3) is 0 Å². The summed E-state index contributed by atoms with van der Waals surface area (Å²) < 4.78 is 0. The summed E-state index contributed by atoms with van der Waals surface area (Å²) in [4.78, 5) is 30.1. The first-order valence-corrected chi connectivity index (χ1v) is 4.41. The van der Waals surface area contributed by atoms with Gasteiger partial charge in [-0.05, 0) is 6.07 Å². The van der Waals surface area contributed by atoms with Gasteiger partial charge in [-0.3, -0.25) is 9.79 Å². The standard InChI is InChI=1S/C9H9N3O3/c13-7-2-1-6(9(14)15)8(11-7)12-4-3-10-5-12/h1-2,5H,3-4H2,(H,11,13)(H,14,15). The number of pyridine rings is 1. The zero-order valence-electron chi connectivity index (χ0n) is 7.80. The van der Waals surface area contributed by atoms with Crippen molar-refractivity contribution >= 4 is 18.1 Å². The number of nitrogens with one attached hydrogen (secondary N) is 1. The number of carboxylic acid groups (broad SMARTS) is 1. The lowest BCUT2D eigenvalue weighted by molar-refractivity contribution is 0.0697. The summed E-state index contributed by atoms with van der Waals surface area (Å²) in [6, 6.07) is 2.49. The highest BCUT2D eigenvalue weighted by Crippen LogP contribution is 2.15. The molecule has 1 aliphatic heterocycles. The summed E-state index contributed by atoms with van der Waals surface area (Å²) in [6.07, 6.45) is 1.53. The highest BCUT2D eigenvalue weighted by molar-refractivity contribution is 5.96. The number of aliphatic imine (C=N–C) groups is 1. The number of rotatable bonds is 2. The molecule has 0 spiro atoms. The predicted molar refractivity (Wildman–Crippen MR) is 54.7 cm³/mol. The molecule has 1 aromatic rings. The molecule has 15 heavy (non-hydrogen) atoms. The SMILES string of the molecule is O=C(O)c1ccc(=O)[nH]c1N1C=NCC1. The van der Waals surface area contributed by atoms with E-state index in [0.717, 1.165) is 0 Å². The van der Waals surface area contributed by atoms with E-state index in [9.17, 15) is 9.59 Å².